The maximum absolute atomic E-state index is 5.39. The zero-order chi connectivity index (χ0) is 10.7. The third-order valence-electron chi connectivity index (χ3n) is 2.10. The molecule has 1 heterocycles. The number of fused-ring (bicyclic) bond motifs is 1. The van der Waals surface area contributed by atoms with Gasteiger partial charge in [0.25, 0.3) is 0 Å². The average Bonchev–Trinajstić information content (AvgIpc) is 2.62. The minimum atomic E-state index is 0.659. The Balaban J connectivity index is 2.42. The summed E-state index contributed by atoms with van der Waals surface area (Å²) in [5.74, 6) is 0.829. The number of ether oxygens (including phenoxy) is 1. The van der Waals surface area contributed by atoms with Crippen molar-refractivity contribution in [2.45, 2.75) is 13.5 Å². The van der Waals surface area contributed by atoms with E-state index in [0.717, 1.165) is 16.8 Å². The number of aromatic nitrogens is 3. The molecule has 2 rings (SSSR count). The Bertz CT molecular complexity index is 476. The first-order valence-corrected chi connectivity index (χ1v) is 4.92. The molecule has 0 unspecified atom stereocenters. The molecule has 0 aliphatic heterocycles. The summed E-state index contributed by atoms with van der Waals surface area (Å²) < 4.78 is 7.19. The summed E-state index contributed by atoms with van der Waals surface area (Å²) in [5, 5.41) is 8.09. The first-order chi connectivity index (χ1) is 7.35. The monoisotopic (exact) mass is 203 g/mol. The minimum Gasteiger partial charge on any atom is -0.494 e. The van der Waals surface area contributed by atoms with E-state index in [4.69, 9.17) is 4.74 Å². The summed E-state index contributed by atoms with van der Waals surface area (Å²) in [5.41, 5.74) is 1.85. The summed E-state index contributed by atoms with van der Waals surface area (Å²) in [6.45, 7) is 6.96. The Morgan fingerprint density at radius 2 is 2.40 bits per heavy atom. The highest BCUT2D eigenvalue weighted by Crippen LogP contribution is 2.18. The summed E-state index contributed by atoms with van der Waals surface area (Å²) in [6, 6.07) is 5.78. The van der Waals surface area contributed by atoms with Gasteiger partial charge in [-0.15, -0.1) is 11.7 Å². The van der Waals surface area contributed by atoms with E-state index in [1.54, 1.807) is 10.8 Å². The van der Waals surface area contributed by atoms with Crippen molar-refractivity contribution in [1.29, 1.82) is 0 Å². The quantitative estimate of drug-likeness (QED) is 0.714. The average molecular weight is 203 g/mol. The van der Waals surface area contributed by atoms with Crippen molar-refractivity contribution in [3.63, 3.8) is 0 Å². The van der Waals surface area contributed by atoms with E-state index in [1.807, 2.05) is 25.1 Å². The SMILES string of the molecule is C=CCn1nnc2cc(OCC)ccc21. The van der Waals surface area contributed by atoms with E-state index < -0.39 is 0 Å². The van der Waals surface area contributed by atoms with Gasteiger partial charge < -0.3 is 4.74 Å². The fraction of sp³-hybridized carbons (Fsp3) is 0.273. The highest BCUT2D eigenvalue weighted by atomic mass is 16.5. The predicted molar refractivity (Wildman–Crippen MR) is 58.9 cm³/mol. The van der Waals surface area contributed by atoms with Crippen LogP contribution in [0.5, 0.6) is 5.75 Å². The van der Waals surface area contributed by atoms with Crippen LogP contribution in [-0.4, -0.2) is 21.6 Å². The van der Waals surface area contributed by atoms with Crippen LogP contribution in [0.15, 0.2) is 30.9 Å². The van der Waals surface area contributed by atoms with Crippen molar-refractivity contribution in [3.05, 3.63) is 30.9 Å². The van der Waals surface area contributed by atoms with Gasteiger partial charge in [-0.2, -0.15) is 0 Å². The van der Waals surface area contributed by atoms with Crippen LogP contribution in [0.1, 0.15) is 6.92 Å². The molecule has 4 nitrogen and oxygen atoms in total. The Labute approximate surface area is 88.2 Å². The van der Waals surface area contributed by atoms with Crippen LogP contribution < -0.4 is 4.74 Å². The van der Waals surface area contributed by atoms with Gasteiger partial charge in [0.15, 0.2) is 0 Å². The van der Waals surface area contributed by atoms with Crippen molar-refractivity contribution in [1.82, 2.24) is 15.0 Å². The Morgan fingerprint density at radius 3 is 3.13 bits per heavy atom. The van der Waals surface area contributed by atoms with Crippen LogP contribution in [-0.2, 0) is 6.54 Å². The van der Waals surface area contributed by atoms with Gasteiger partial charge in [0.2, 0.25) is 0 Å². The zero-order valence-electron chi connectivity index (χ0n) is 8.68. The van der Waals surface area contributed by atoms with Crippen LogP contribution >= 0.6 is 0 Å². The number of allylic oxidation sites excluding steroid dienone is 1. The fourth-order valence-corrected chi connectivity index (χ4v) is 1.47. The molecular formula is C11H13N3O. The molecule has 0 N–H and O–H groups in total. The molecule has 4 heteroatoms. The van der Waals surface area contributed by atoms with Crippen molar-refractivity contribution in [2.24, 2.45) is 0 Å². The van der Waals surface area contributed by atoms with Gasteiger partial charge in [-0.1, -0.05) is 11.3 Å². The first-order valence-electron chi connectivity index (χ1n) is 4.92. The lowest BCUT2D eigenvalue weighted by molar-refractivity contribution is 0.340. The van der Waals surface area contributed by atoms with Gasteiger partial charge >= 0.3 is 0 Å². The third-order valence-corrected chi connectivity index (χ3v) is 2.10. The minimum absolute atomic E-state index is 0.659. The van der Waals surface area contributed by atoms with Gasteiger partial charge in [0, 0.05) is 6.07 Å². The lowest BCUT2D eigenvalue weighted by atomic mass is 10.3. The van der Waals surface area contributed by atoms with Crippen LogP contribution in [0.25, 0.3) is 11.0 Å². The lowest BCUT2D eigenvalue weighted by Gasteiger charge is -2.02. The molecule has 0 atom stereocenters. The van der Waals surface area contributed by atoms with Crippen LogP contribution in [0.3, 0.4) is 0 Å². The summed E-state index contributed by atoms with van der Waals surface area (Å²) in [4.78, 5) is 0. The van der Waals surface area contributed by atoms with Crippen LogP contribution in [0.2, 0.25) is 0 Å². The molecule has 0 spiro atoms. The molecular weight excluding hydrogens is 190 g/mol. The number of rotatable bonds is 4. The maximum atomic E-state index is 5.39. The molecule has 0 radical (unpaired) electrons. The fourth-order valence-electron chi connectivity index (χ4n) is 1.47. The first kappa shape index (κ1) is 9.71. The highest BCUT2D eigenvalue weighted by molar-refractivity contribution is 5.76. The van der Waals surface area contributed by atoms with Gasteiger partial charge in [0.05, 0.1) is 18.7 Å². The van der Waals surface area contributed by atoms with E-state index in [9.17, 15) is 0 Å². The lowest BCUT2D eigenvalue weighted by Crippen LogP contribution is -1.96. The molecule has 0 fully saturated rings. The van der Waals surface area contributed by atoms with Crippen LogP contribution in [0, 0.1) is 0 Å². The van der Waals surface area contributed by atoms with E-state index in [0.29, 0.717) is 13.2 Å². The molecule has 0 saturated heterocycles. The van der Waals surface area contributed by atoms with E-state index in [1.165, 1.54) is 0 Å². The molecule has 0 aliphatic carbocycles. The van der Waals surface area contributed by atoms with Crippen molar-refractivity contribution >= 4 is 11.0 Å². The van der Waals surface area contributed by atoms with Gasteiger partial charge in [-0.05, 0) is 19.1 Å². The van der Waals surface area contributed by atoms with Crippen molar-refractivity contribution < 1.29 is 4.74 Å². The number of benzene rings is 1. The number of hydrogen-bond donors (Lipinski definition) is 0. The third kappa shape index (κ3) is 1.83. The summed E-state index contributed by atoms with van der Waals surface area (Å²) in [7, 11) is 0. The highest BCUT2D eigenvalue weighted by Gasteiger charge is 2.04. The molecule has 1 aromatic carbocycles. The second kappa shape index (κ2) is 4.13. The Kier molecular flexibility index (Phi) is 2.67. The van der Waals surface area contributed by atoms with Crippen molar-refractivity contribution in [3.8, 4) is 5.75 Å². The van der Waals surface area contributed by atoms with Gasteiger partial charge in [-0.3, -0.25) is 0 Å². The van der Waals surface area contributed by atoms with Gasteiger partial charge in [-0.25, -0.2) is 4.68 Å². The van der Waals surface area contributed by atoms with E-state index in [-0.39, 0.29) is 0 Å². The normalized spacial score (nSPS) is 10.5. The number of hydrogen-bond acceptors (Lipinski definition) is 3. The Hall–Kier alpha value is -1.84. The summed E-state index contributed by atoms with van der Waals surface area (Å²) in [6.07, 6.45) is 1.80. The maximum Gasteiger partial charge on any atom is 0.121 e. The standard InChI is InChI=1S/C11H13N3O/c1-3-7-14-11-6-5-9(15-4-2)8-10(11)12-13-14/h3,5-6,8H,1,4,7H2,2H3. The largest absolute Gasteiger partial charge is 0.494 e. The smallest absolute Gasteiger partial charge is 0.121 e. The summed E-state index contributed by atoms with van der Waals surface area (Å²) >= 11 is 0. The zero-order valence-corrected chi connectivity index (χ0v) is 8.68. The topological polar surface area (TPSA) is 39.9 Å². The molecule has 0 amide bonds. The Morgan fingerprint density at radius 1 is 1.53 bits per heavy atom. The van der Waals surface area contributed by atoms with Gasteiger partial charge in [0.1, 0.15) is 11.3 Å². The molecule has 15 heavy (non-hydrogen) atoms. The number of nitrogens with zero attached hydrogens (tertiary/aromatic N) is 3. The van der Waals surface area contributed by atoms with Crippen molar-refractivity contribution in [2.75, 3.05) is 6.61 Å². The molecule has 0 bridgehead atoms. The molecule has 0 aliphatic rings. The molecule has 78 valence electrons. The second-order valence-electron chi connectivity index (χ2n) is 3.14. The molecule has 1 aromatic heterocycles. The molecule has 2 aromatic rings. The second-order valence-corrected chi connectivity index (χ2v) is 3.14. The molecule has 0 saturated carbocycles. The predicted octanol–water partition coefficient (Wildman–Crippen LogP) is 2.02. The van der Waals surface area contributed by atoms with E-state index >= 15 is 0 Å². The van der Waals surface area contributed by atoms with E-state index in [2.05, 4.69) is 16.9 Å². The van der Waals surface area contributed by atoms with Crippen LogP contribution in [0.4, 0.5) is 0 Å².